The van der Waals surface area contributed by atoms with Gasteiger partial charge >= 0.3 is 12.1 Å². The number of hydrogen-bond donors (Lipinski definition) is 1. The Hall–Kier alpha value is -2.02. The van der Waals surface area contributed by atoms with Crippen molar-refractivity contribution in [3.8, 4) is 5.75 Å². The molecule has 0 fully saturated rings. The molecule has 7 heteroatoms. The first kappa shape index (κ1) is 16.4. The van der Waals surface area contributed by atoms with Gasteiger partial charge in [0.05, 0.1) is 5.57 Å². The van der Waals surface area contributed by atoms with Crippen LogP contribution in [0.25, 0.3) is 5.57 Å². The minimum atomic E-state index is -4.77. The number of halogens is 3. The summed E-state index contributed by atoms with van der Waals surface area (Å²) < 4.78 is 49.3. The fourth-order valence-corrected chi connectivity index (χ4v) is 2.50. The molecule has 1 N–H and O–H groups in total. The number of aryl methyl sites for hydroxylation is 1. The fraction of sp³-hybridized carbons (Fsp3) is 0.400. The van der Waals surface area contributed by atoms with Crippen LogP contribution < -0.4 is 4.74 Å². The molecule has 1 aromatic carbocycles. The summed E-state index contributed by atoms with van der Waals surface area (Å²) in [7, 11) is 0. The molecular formula is C15H15F3O4. The molecule has 0 spiro atoms. The Morgan fingerprint density at radius 2 is 2.09 bits per heavy atom. The van der Waals surface area contributed by atoms with E-state index in [0.717, 1.165) is 0 Å². The van der Waals surface area contributed by atoms with Crippen molar-refractivity contribution in [3.63, 3.8) is 0 Å². The number of ether oxygens (including phenoxy) is 2. The van der Waals surface area contributed by atoms with E-state index < -0.39 is 30.6 Å². The molecule has 120 valence electrons. The number of carbonyl (C=O) groups excluding carboxylic acids is 1. The summed E-state index contributed by atoms with van der Waals surface area (Å²) in [6, 6.07) is 4.91. The van der Waals surface area contributed by atoms with E-state index in [1.165, 1.54) is 0 Å². The van der Waals surface area contributed by atoms with E-state index >= 15 is 0 Å². The number of esters is 1. The first-order chi connectivity index (χ1) is 10.3. The van der Waals surface area contributed by atoms with Gasteiger partial charge in [-0.1, -0.05) is 25.1 Å². The Bertz CT molecular complexity index is 620. The first-order valence-electron chi connectivity index (χ1n) is 6.65. The number of aliphatic hydroxyl groups is 1. The van der Waals surface area contributed by atoms with Gasteiger partial charge in [0.1, 0.15) is 5.75 Å². The summed E-state index contributed by atoms with van der Waals surface area (Å²) in [5.41, 5.74) is 0.591. The van der Waals surface area contributed by atoms with E-state index in [2.05, 4.69) is 4.74 Å². The maximum atomic E-state index is 13.3. The minimum Gasteiger partial charge on any atom is -0.475 e. The highest BCUT2D eigenvalue weighted by Gasteiger charge is 2.50. The molecule has 1 unspecified atom stereocenters. The molecule has 1 aliphatic heterocycles. The van der Waals surface area contributed by atoms with Crippen LogP contribution >= 0.6 is 0 Å². The highest BCUT2D eigenvalue weighted by atomic mass is 19.4. The summed E-state index contributed by atoms with van der Waals surface area (Å²) in [6.45, 7) is 2.29. The quantitative estimate of drug-likeness (QED) is 0.688. The van der Waals surface area contributed by atoms with Crippen molar-refractivity contribution >= 4 is 11.5 Å². The third-order valence-electron chi connectivity index (χ3n) is 3.43. The molecule has 1 aliphatic rings. The first-order valence-corrected chi connectivity index (χ1v) is 6.65. The summed E-state index contributed by atoms with van der Waals surface area (Å²) in [4.78, 5) is 11.9. The zero-order chi connectivity index (χ0) is 16.5. The molecule has 0 bridgehead atoms. The summed E-state index contributed by atoms with van der Waals surface area (Å²) in [6.07, 6.45) is -6.98. The van der Waals surface area contributed by atoms with Gasteiger partial charge in [0.2, 0.25) is 6.10 Å². The van der Waals surface area contributed by atoms with Crippen LogP contribution in [-0.2, 0) is 9.53 Å². The number of allylic oxidation sites excluding steroid dienone is 1. The van der Waals surface area contributed by atoms with Crippen LogP contribution in [0.4, 0.5) is 13.2 Å². The molecule has 2 rings (SSSR count). The zero-order valence-corrected chi connectivity index (χ0v) is 12.0. The third-order valence-corrected chi connectivity index (χ3v) is 3.43. The van der Waals surface area contributed by atoms with E-state index in [9.17, 15) is 18.0 Å². The van der Waals surface area contributed by atoms with E-state index in [-0.39, 0.29) is 17.7 Å². The van der Waals surface area contributed by atoms with E-state index in [4.69, 9.17) is 9.84 Å². The Morgan fingerprint density at radius 1 is 1.41 bits per heavy atom. The summed E-state index contributed by atoms with van der Waals surface area (Å²) in [5, 5.41) is 8.67. The number of benzene rings is 1. The number of aliphatic hydroxyl groups excluding tert-OH is 1. The molecule has 0 amide bonds. The van der Waals surface area contributed by atoms with E-state index in [1.807, 2.05) is 0 Å². The van der Waals surface area contributed by atoms with Crippen molar-refractivity contribution < 1.29 is 32.5 Å². The molecule has 0 radical (unpaired) electrons. The standard InChI is InChI=1S/C15H15F3O4/c1-3-9-10-6-4-5-8(2)12(10)22-13(15(16,17)18)11(9)14(20)21-7-19/h4-6,13,19H,3,7H2,1-2H3. The number of hydrogen-bond acceptors (Lipinski definition) is 4. The van der Waals surface area contributed by atoms with Crippen LogP contribution in [0.5, 0.6) is 5.75 Å². The van der Waals surface area contributed by atoms with Crippen molar-refractivity contribution in [1.29, 1.82) is 0 Å². The van der Waals surface area contributed by atoms with Crippen LogP contribution in [0.15, 0.2) is 23.8 Å². The summed E-state index contributed by atoms with van der Waals surface area (Å²) >= 11 is 0. The maximum absolute atomic E-state index is 13.3. The smallest absolute Gasteiger partial charge is 0.430 e. The van der Waals surface area contributed by atoms with Gasteiger partial charge < -0.3 is 14.6 Å². The topological polar surface area (TPSA) is 55.8 Å². The highest BCUT2D eigenvalue weighted by molar-refractivity contribution is 6.00. The minimum absolute atomic E-state index is 0.113. The van der Waals surface area contributed by atoms with Crippen LogP contribution in [0.2, 0.25) is 0 Å². The van der Waals surface area contributed by atoms with Crippen molar-refractivity contribution in [2.45, 2.75) is 32.5 Å². The predicted octanol–water partition coefficient (Wildman–Crippen LogP) is 2.97. The molecule has 0 aromatic heterocycles. The fourth-order valence-electron chi connectivity index (χ4n) is 2.50. The molecule has 22 heavy (non-hydrogen) atoms. The van der Waals surface area contributed by atoms with Gasteiger partial charge in [-0.15, -0.1) is 0 Å². The predicted molar refractivity (Wildman–Crippen MR) is 72.0 cm³/mol. The second-order valence-electron chi connectivity index (χ2n) is 4.80. The second kappa shape index (κ2) is 6.00. The van der Waals surface area contributed by atoms with Crippen molar-refractivity contribution in [2.24, 2.45) is 0 Å². The Morgan fingerprint density at radius 3 is 2.64 bits per heavy atom. The monoisotopic (exact) mass is 316 g/mol. The van der Waals surface area contributed by atoms with Gasteiger partial charge in [0, 0.05) is 5.56 Å². The molecule has 1 atom stereocenters. The maximum Gasteiger partial charge on any atom is 0.430 e. The lowest BCUT2D eigenvalue weighted by Crippen LogP contribution is -2.42. The van der Waals surface area contributed by atoms with Gasteiger partial charge in [-0.05, 0) is 24.5 Å². The summed E-state index contributed by atoms with van der Waals surface area (Å²) in [5.74, 6) is -1.11. The molecule has 1 aromatic rings. The number of rotatable bonds is 3. The molecule has 0 saturated carbocycles. The van der Waals surface area contributed by atoms with Crippen molar-refractivity contribution in [2.75, 3.05) is 6.79 Å². The zero-order valence-electron chi connectivity index (χ0n) is 12.0. The van der Waals surface area contributed by atoms with Gasteiger partial charge in [0.15, 0.2) is 6.79 Å². The average Bonchev–Trinajstić information content (AvgIpc) is 2.45. The van der Waals surface area contributed by atoms with Crippen molar-refractivity contribution in [1.82, 2.24) is 0 Å². The molecular weight excluding hydrogens is 301 g/mol. The number of alkyl halides is 3. The Labute approximate surface area is 125 Å². The van der Waals surface area contributed by atoms with Crippen LogP contribution in [-0.4, -0.2) is 30.1 Å². The number of fused-ring (bicyclic) bond motifs is 1. The van der Waals surface area contributed by atoms with Crippen molar-refractivity contribution in [3.05, 3.63) is 34.9 Å². The molecule has 0 aliphatic carbocycles. The molecule has 4 nitrogen and oxygen atoms in total. The number of carbonyl (C=O) groups is 1. The normalized spacial score (nSPS) is 17.8. The van der Waals surface area contributed by atoms with Gasteiger partial charge in [-0.25, -0.2) is 4.79 Å². The van der Waals surface area contributed by atoms with Crippen LogP contribution in [0.1, 0.15) is 24.5 Å². The van der Waals surface area contributed by atoms with E-state index in [0.29, 0.717) is 11.1 Å². The van der Waals surface area contributed by atoms with E-state index in [1.54, 1.807) is 32.0 Å². The lowest BCUT2D eigenvalue weighted by Gasteiger charge is -2.31. The number of para-hydroxylation sites is 1. The van der Waals surface area contributed by atoms with Gasteiger partial charge in [-0.2, -0.15) is 13.2 Å². The largest absolute Gasteiger partial charge is 0.475 e. The van der Waals surface area contributed by atoms with Gasteiger partial charge in [0.25, 0.3) is 0 Å². The van der Waals surface area contributed by atoms with Gasteiger partial charge in [-0.3, -0.25) is 0 Å². The lowest BCUT2D eigenvalue weighted by atomic mass is 9.89. The Balaban J connectivity index is 2.69. The van der Waals surface area contributed by atoms with Crippen LogP contribution in [0.3, 0.4) is 0 Å². The Kier molecular flexibility index (Phi) is 4.46. The second-order valence-corrected chi connectivity index (χ2v) is 4.80. The third kappa shape index (κ3) is 2.81. The molecule has 0 saturated heterocycles. The average molecular weight is 316 g/mol. The molecule has 1 heterocycles. The van der Waals surface area contributed by atoms with Crippen LogP contribution in [0, 0.1) is 6.92 Å². The SMILES string of the molecule is CCC1=C(C(=O)OCO)C(C(F)(F)F)Oc2c(C)cccc21. The highest BCUT2D eigenvalue weighted by Crippen LogP contribution is 2.44. The lowest BCUT2D eigenvalue weighted by molar-refractivity contribution is -0.189.